The van der Waals surface area contributed by atoms with Crippen molar-refractivity contribution in [3.8, 4) is 17.6 Å². The molecule has 0 aliphatic carbocycles. The average Bonchev–Trinajstić information content (AvgIpc) is 2.36. The number of hydrogen-bond donors (Lipinski definition) is 0. The highest BCUT2D eigenvalue weighted by molar-refractivity contribution is 5.91. The summed E-state index contributed by atoms with van der Waals surface area (Å²) in [5.74, 6) is 1.32. The normalized spacial score (nSPS) is 9.81. The standard InChI is InChI=1S/C13H11NO2/c1-15-10-5-3-9-4-6-13(16-2)12(8-14)11(9)7-10/h3-7H,1-2H3. The fourth-order valence-electron chi connectivity index (χ4n) is 1.69. The quantitative estimate of drug-likeness (QED) is 0.770. The Bertz CT molecular complexity index is 565. The van der Waals surface area contributed by atoms with E-state index in [-0.39, 0.29) is 0 Å². The van der Waals surface area contributed by atoms with Gasteiger partial charge in [-0.05, 0) is 23.6 Å². The highest BCUT2D eigenvalue weighted by atomic mass is 16.5. The summed E-state index contributed by atoms with van der Waals surface area (Å²) in [6, 6.07) is 11.5. The Hall–Kier alpha value is -2.21. The van der Waals surface area contributed by atoms with Crippen molar-refractivity contribution in [2.24, 2.45) is 0 Å². The lowest BCUT2D eigenvalue weighted by Crippen LogP contribution is -1.90. The Morgan fingerprint density at radius 1 is 1.06 bits per heavy atom. The number of nitrogens with zero attached hydrogens (tertiary/aromatic N) is 1. The molecule has 0 aromatic heterocycles. The summed E-state index contributed by atoms with van der Waals surface area (Å²) >= 11 is 0. The van der Waals surface area contributed by atoms with Gasteiger partial charge in [0.15, 0.2) is 0 Å². The SMILES string of the molecule is COc1ccc2ccc(OC)c(C#N)c2c1. The molecule has 0 aliphatic heterocycles. The first-order valence-corrected chi connectivity index (χ1v) is 4.85. The second-order valence-corrected chi connectivity index (χ2v) is 3.34. The summed E-state index contributed by atoms with van der Waals surface area (Å²) in [6.45, 7) is 0. The molecule has 0 spiro atoms. The molecular weight excluding hydrogens is 202 g/mol. The van der Waals surface area contributed by atoms with Crippen LogP contribution in [0.25, 0.3) is 10.8 Å². The molecule has 0 heterocycles. The second-order valence-electron chi connectivity index (χ2n) is 3.34. The lowest BCUT2D eigenvalue weighted by molar-refractivity contribution is 0.413. The van der Waals surface area contributed by atoms with E-state index in [1.165, 1.54) is 0 Å². The number of methoxy groups -OCH3 is 2. The van der Waals surface area contributed by atoms with Crippen LogP contribution in [-0.4, -0.2) is 14.2 Å². The molecule has 0 saturated carbocycles. The van der Waals surface area contributed by atoms with E-state index in [0.717, 1.165) is 16.5 Å². The first-order chi connectivity index (χ1) is 7.80. The van der Waals surface area contributed by atoms with E-state index < -0.39 is 0 Å². The van der Waals surface area contributed by atoms with Crippen molar-refractivity contribution < 1.29 is 9.47 Å². The van der Waals surface area contributed by atoms with Crippen LogP contribution in [-0.2, 0) is 0 Å². The molecule has 0 radical (unpaired) electrons. The molecule has 0 bridgehead atoms. The largest absolute Gasteiger partial charge is 0.497 e. The Balaban J connectivity index is 2.79. The van der Waals surface area contributed by atoms with Crippen molar-refractivity contribution in [3.05, 3.63) is 35.9 Å². The molecule has 0 aliphatic rings. The minimum atomic E-state index is 0.541. The van der Waals surface area contributed by atoms with E-state index in [9.17, 15) is 0 Å². The molecule has 3 heteroatoms. The number of hydrogen-bond acceptors (Lipinski definition) is 3. The summed E-state index contributed by atoms with van der Waals surface area (Å²) < 4.78 is 10.3. The highest BCUT2D eigenvalue weighted by Gasteiger charge is 2.08. The predicted molar refractivity (Wildman–Crippen MR) is 61.8 cm³/mol. The third-order valence-corrected chi connectivity index (χ3v) is 2.52. The predicted octanol–water partition coefficient (Wildman–Crippen LogP) is 2.73. The number of nitriles is 1. The van der Waals surface area contributed by atoms with Gasteiger partial charge < -0.3 is 9.47 Å². The van der Waals surface area contributed by atoms with E-state index >= 15 is 0 Å². The summed E-state index contributed by atoms with van der Waals surface area (Å²) in [4.78, 5) is 0. The van der Waals surface area contributed by atoms with Crippen molar-refractivity contribution in [2.45, 2.75) is 0 Å². The number of rotatable bonds is 2. The Morgan fingerprint density at radius 2 is 1.81 bits per heavy atom. The lowest BCUT2D eigenvalue weighted by atomic mass is 10.0. The third kappa shape index (κ3) is 1.55. The number of fused-ring (bicyclic) bond motifs is 1. The maximum absolute atomic E-state index is 9.14. The molecule has 2 aromatic carbocycles. The molecule has 80 valence electrons. The van der Waals surface area contributed by atoms with Gasteiger partial charge in [0.05, 0.1) is 14.2 Å². The summed E-state index contributed by atoms with van der Waals surface area (Å²) in [5.41, 5.74) is 0.541. The number of benzene rings is 2. The topological polar surface area (TPSA) is 42.2 Å². The van der Waals surface area contributed by atoms with Gasteiger partial charge in [-0.2, -0.15) is 5.26 Å². The summed E-state index contributed by atoms with van der Waals surface area (Å²) in [5, 5.41) is 11.0. The zero-order chi connectivity index (χ0) is 11.5. The Morgan fingerprint density at radius 3 is 2.44 bits per heavy atom. The first kappa shape index (κ1) is 10.3. The first-order valence-electron chi connectivity index (χ1n) is 4.85. The van der Waals surface area contributed by atoms with E-state index in [2.05, 4.69) is 6.07 Å². The van der Waals surface area contributed by atoms with Gasteiger partial charge in [0, 0.05) is 5.39 Å². The van der Waals surface area contributed by atoms with Gasteiger partial charge in [0.1, 0.15) is 23.1 Å². The van der Waals surface area contributed by atoms with Crippen LogP contribution in [0.3, 0.4) is 0 Å². The van der Waals surface area contributed by atoms with Gasteiger partial charge in [-0.1, -0.05) is 12.1 Å². The van der Waals surface area contributed by atoms with E-state index in [1.807, 2.05) is 24.3 Å². The van der Waals surface area contributed by atoms with Crippen molar-refractivity contribution in [1.29, 1.82) is 5.26 Å². The third-order valence-electron chi connectivity index (χ3n) is 2.52. The maximum Gasteiger partial charge on any atom is 0.137 e. The van der Waals surface area contributed by atoms with Crippen molar-refractivity contribution in [3.63, 3.8) is 0 Å². The molecule has 16 heavy (non-hydrogen) atoms. The van der Waals surface area contributed by atoms with E-state index in [0.29, 0.717) is 11.3 Å². The molecule has 0 saturated heterocycles. The van der Waals surface area contributed by atoms with Gasteiger partial charge in [-0.25, -0.2) is 0 Å². The van der Waals surface area contributed by atoms with Crippen molar-refractivity contribution in [2.75, 3.05) is 14.2 Å². The molecule has 0 amide bonds. The monoisotopic (exact) mass is 213 g/mol. The molecule has 2 aromatic rings. The molecule has 0 fully saturated rings. The zero-order valence-electron chi connectivity index (χ0n) is 9.15. The Labute approximate surface area is 93.8 Å². The smallest absolute Gasteiger partial charge is 0.137 e. The fraction of sp³-hybridized carbons (Fsp3) is 0.154. The highest BCUT2D eigenvalue weighted by Crippen LogP contribution is 2.29. The van der Waals surface area contributed by atoms with Gasteiger partial charge in [-0.3, -0.25) is 0 Å². The van der Waals surface area contributed by atoms with Crippen LogP contribution in [0.4, 0.5) is 0 Å². The summed E-state index contributed by atoms with van der Waals surface area (Å²) in [6.07, 6.45) is 0. The van der Waals surface area contributed by atoms with Crippen LogP contribution in [0.15, 0.2) is 30.3 Å². The van der Waals surface area contributed by atoms with Crippen molar-refractivity contribution in [1.82, 2.24) is 0 Å². The van der Waals surface area contributed by atoms with Gasteiger partial charge in [-0.15, -0.1) is 0 Å². The van der Waals surface area contributed by atoms with Crippen LogP contribution in [0.1, 0.15) is 5.56 Å². The number of ether oxygens (including phenoxy) is 2. The lowest BCUT2D eigenvalue weighted by Gasteiger charge is -2.07. The van der Waals surface area contributed by atoms with Crippen LogP contribution in [0.5, 0.6) is 11.5 Å². The van der Waals surface area contributed by atoms with Crippen LogP contribution in [0.2, 0.25) is 0 Å². The molecule has 0 unspecified atom stereocenters. The minimum Gasteiger partial charge on any atom is -0.497 e. The van der Waals surface area contributed by atoms with Crippen LogP contribution < -0.4 is 9.47 Å². The fourth-order valence-corrected chi connectivity index (χ4v) is 1.69. The van der Waals surface area contributed by atoms with Gasteiger partial charge in [0.25, 0.3) is 0 Å². The van der Waals surface area contributed by atoms with Crippen LogP contribution in [0, 0.1) is 11.3 Å². The second kappa shape index (κ2) is 4.11. The van der Waals surface area contributed by atoms with Gasteiger partial charge in [0.2, 0.25) is 0 Å². The molecule has 3 nitrogen and oxygen atoms in total. The van der Waals surface area contributed by atoms with Crippen LogP contribution >= 0.6 is 0 Å². The Kier molecular flexibility index (Phi) is 2.65. The van der Waals surface area contributed by atoms with E-state index in [4.69, 9.17) is 14.7 Å². The zero-order valence-corrected chi connectivity index (χ0v) is 9.15. The molecule has 0 N–H and O–H groups in total. The van der Waals surface area contributed by atoms with E-state index in [1.54, 1.807) is 20.3 Å². The molecule has 2 rings (SSSR count). The summed E-state index contributed by atoms with van der Waals surface area (Å²) in [7, 11) is 3.16. The maximum atomic E-state index is 9.14. The average molecular weight is 213 g/mol. The molecular formula is C13H11NO2. The van der Waals surface area contributed by atoms with Crippen molar-refractivity contribution >= 4 is 10.8 Å². The minimum absolute atomic E-state index is 0.541. The molecule has 0 atom stereocenters. The van der Waals surface area contributed by atoms with Gasteiger partial charge >= 0.3 is 0 Å².